The Morgan fingerprint density at radius 2 is 2.55 bits per heavy atom. The van der Waals surface area contributed by atoms with Gasteiger partial charge in [-0.3, -0.25) is 9.78 Å². The molecule has 0 aliphatic carbocycles. The Balaban J connectivity index is 2.68. The van der Waals surface area contributed by atoms with Gasteiger partial charge in [-0.1, -0.05) is 6.07 Å². The molecule has 1 aromatic heterocycles. The molecule has 0 saturated heterocycles. The highest BCUT2D eigenvalue weighted by molar-refractivity contribution is 5.48. The van der Waals surface area contributed by atoms with Crippen LogP contribution in [0.2, 0.25) is 0 Å². The first-order chi connectivity index (χ1) is 5.34. The molecule has 0 fully saturated rings. The smallest absolute Gasteiger partial charge is 0.309 e. The first kappa shape index (κ1) is 7.72. The lowest BCUT2D eigenvalue weighted by Crippen LogP contribution is -2.15. The zero-order valence-electron chi connectivity index (χ0n) is 6.24. The van der Waals surface area contributed by atoms with Crippen molar-refractivity contribution in [2.24, 2.45) is 0 Å². The molecule has 1 N–H and O–H groups in total. The van der Waals surface area contributed by atoms with Gasteiger partial charge >= 0.3 is 6.41 Å². The molecule has 1 unspecified atom stereocenters. The summed E-state index contributed by atoms with van der Waals surface area (Å²) in [6, 6.07) is 3.72. The maximum Gasteiger partial charge on any atom is 0.309 e. The van der Waals surface area contributed by atoms with Gasteiger partial charge < -0.3 is 5.32 Å². The van der Waals surface area contributed by atoms with E-state index in [-0.39, 0.29) is 6.04 Å². The van der Waals surface area contributed by atoms with Gasteiger partial charge in [-0.05, 0) is 18.6 Å². The zero-order valence-corrected chi connectivity index (χ0v) is 6.24. The van der Waals surface area contributed by atoms with Gasteiger partial charge in [-0.15, -0.1) is 0 Å². The Labute approximate surface area is 65.5 Å². The molecule has 0 aromatic carbocycles. The maximum absolute atomic E-state index is 9.93. The van der Waals surface area contributed by atoms with Crippen LogP contribution in [0.3, 0.4) is 0 Å². The predicted octanol–water partition coefficient (Wildman–Crippen LogP) is 0.799. The third kappa shape index (κ3) is 2.04. The number of aromatic nitrogens is 1. The van der Waals surface area contributed by atoms with Crippen LogP contribution in [0.4, 0.5) is 0 Å². The van der Waals surface area contributed by atoms with Crippen molar-refractivity contribution in [3.05, 3.63) is 30.1 Å². The highest BCUT2D eigenvalue weighted by Crippen LogP contribution is 2.07. The largest absolute Gasteiger partial charge is 0.341 e. The van der Waals surface area contributed by atoms with E-state index >= 15 is 0 Å². The monoisotopic (exact) mass is 149 g/mol. The van der Waals surface area contributed by atoms with Crippen molar-refractivity contribution in [1.82, 2.24) is 10.3 Å². The van der Waals surface area contributed by atoms with Crippen LogP contribution in [0.25, 0.3) is 0 Å². The Morgan fingerprint density at radius 1 is 1.73 bits per heavy atom. The summed E-state index contributed by atoms with van der Waals surface area (Å²) in [4.78, 5) is 13.9. The molecule has 0 saturated carbocycles. The van der Waals surface area contributed by atoms with E-state index in [0.717, 1.165) is 5.56 Å². The second kappa shape index (κ2) is 3.71. The Bertz CT molecular complexity index is 223. The van der Waals surface area contributed by atoms with Crippen molar-refractivity contribution in [1.29, 1.82) is 0 Å². The van der Waals surface area contributed by atoms with Gasteiger partial charge in [0.2, 0.25) is 0 Å². The van der Waals surface area contributed by atoms with Crippen molar-refractivity contribution in [3.63, 3.8) is 0 Å². The van der Waals surface area contributed by atoms with E-state index in [9.17, 15) is 4.79 Å². The van der Waals surface area contributed by atoms with Crippen LogP contribution in [0.15, 0.2) is 24.5 Å². The van der Waals surface area contributed by atoms with Crippen molar-refractivity contribution in [2.45, 2.75) is 13.0 Å². The van der Waals surface area contributed by atoms with Crippen LogP contribution < -0.4 is 5.32 Å². The minimum atomic E-state index is -0.0128. The van der Waals surface area contributed by atoms with Gasteiger partial charge in [-0.25, -0.2) is 0 Å². The topological polar surface area (TPSA) is 42.0 Å². The van der Waals surface area contributed by atoms with Crippen molar-refractivity contribution in [3.8, 4) is 0 Å². The Kier molecular flexibility index (Phi) is 2.60. The van der Waals surface area contributed by atoms with Crippen molar-refractivity contribution in [2.75, 3.05) is 0 Å². The summed E-state index contributed by atoms with van der Waals surface area (Å²) < 4.78 is 0. The van der Waals surface area contributed by atoms with Gasteiger partial charge in [0, 0.05) is 12.4 Å². The summed E-state index contributed by atoms with van der Waals surface area (Å²) in [5.41, 5.74) is 0.982. The lowest BCUT2D eigenvalue weighted by molar-refractivity contribution is 0.529. The summed E-state index contributed by atoms with van der Waals surface area (Å²) >= 11 is 0. The molecule has 1 amide bonds. The molecule has 0 aliphatic rings. The molecule has 3 nitrogen and oxygen atoms in total. The predicted molar refractivity (Wildman–Crippen MR) is 41.5 cm³/mol. The SMILES string of the molecule is CC(N[C]=O)c1cccnc1. The van der Waals surface area contributed by atoms with E-state index in [1.54, 1.807) is 18.8 Å². The lowest BCUT2D eigenvalue weighted by Gasteiger charge is -2.07. The fraction of sp³-hybridized carbons (Fsp3) is 0.250. The number of hydrogen-bond acceptors (Lipinski definition) is 2. The third-order valence-electron chi connectivity index (χ3n) is 1.46. The van der Waals surface area contributed by atoms with E-state index in [0.29, 0.717) is 0 Å². The molecular weight excluding hydrogens is 140 g/mol. The molecule has 1 aromatic rings. The molecular formula is C8H9N2O. The second-order valence-corrected chi connectivity index (χ2v) is 2.25. The average molecular weight is 149 g/mol. The van der Waals surface area contributed by atoms with E-state index in [1.807, 2.05) is 19.1 Å². The first-order valence-corrected chi connectivity index (χ1v) is 3.37. The summed E-state index contributed by atoms with van der Waals surface area (Å²) in [5.74, 6) is 0. The Morgan fingerprint density at radius 3 is 3.09 bits per heavy atom. The molecule has 1 rings (SSSR count). The van der Waals surface area contributed by atoms with Gasteiger partial charge in [-0.2, -0.15) is 0 Å². The quantitative estimate of drug-likeness (QED) is 0.646. The molecule has 0 bridgehead atoms. The van der Waals surface area contributed by atoms with Crippen LogP contribution in [-0.2, 0) is 4.79 Å². The van der Waals surface area contributed by atoms with Crippen LogP contribution in [0, 0.1) is 0 Å². The first-order valence-electron chi connectivity index (χ1n) is 3.37. The number of nitrogens with zero attached hydrogens (tertiary/aromatic N) is 1. The molecule has 3 heteroatoms. The number of hydrogen-bond donors (Lipinski definition) is 1. The molecule has 1 heterocycles. The van der Waals surface area contributed by atoms with Crippen LogP contribution in [-0.4, -0.2) is 11.4 Å². The number of pyridine rings is 1. The second-order valence-electron chi connectivity index (χ2n) is 2.25. The van der Waals surface area contributed by atoms with Gasteiger partial charge in [0.05, 0.1) is 6.04 Å². The fourth-order valence-corrected chi connectivity index (χ4v) is 0.804. The molecule has 57 valence electrons. The highest BCUT2D eigenvalue weighted by atomic mass is 16.1. The summed E-state index contributed by atoms with van der Waals surface area (Å²) in [6.07, 6.45) is 5.05. The molecule has 0 aliphatic heterocycles. The molecule has 1 radical (unpaired) electrons. The summed E-state index contributed by atoms with van der Waals surface area (Å²) in [5, 5.41) is 2.52. The minimum Gasteiger partial charge on any atom is -0.341 e. The number of nitrogens with one attached hydrogen (secondary N) is 1. The number of rotatable bonds is 3. The van der Waals surface area contributed by atoms with Crippen molar-refractivity contribution >= 4 is 6.41 Å². The maximum atomic E-state index is 9.93. The Hall–Kier alpha value is -1.38. The lowest BCUT2D eigenvalue weighted by atomic mass is 10.1. The van der Waals surface area contributed by atoms with Crippen LogP contribution in [0.1, 0.15) is 18.5 Å². The van der Waals surface area contributed by atoms with E-state index < -0.39 is 0 Å². The van der Waals surface area contributed by atoms with Crippen LogP contribution >= 0.6 is 0 Å². The molecule has 1 atom stereocenters. The van der Waals surface area contributed by atoms with Gasteiger partial charge in [0.15, 0.2) is 0 Å². The molecule has 0 spiro atoms. The number of amides is 1. The molecule has 11 heavy (non-hydrogen) atoms. The summed E-state index contributed by atoms with van der Waals surface area (Å²) in [6.45, 7) is 1.88. The van der Waals surface area contributed by atoms with E-state index in [4.69, 9.17) is 0 Å². The standard InChI is InChI=1S/C8H9N2O/c1-7(10-6-11)8-3-2-4-9-5-8/h2-5,7H,1H3,(H,10,11). The summed E-state index contributed by atoms with van der Waals surface area (Å²) in [7, 11) is 0. The van der Waals surface area contributed by atoms with Gasteiger partial charge in [0.1, 0.15) is 0 Å². The van der Waals surface area contributed by atoms with Crippen LogP contribution in [0.5, 0.6) is 0 Å². The highest BCUT2D eigenvalue weighted by Gasteiger charge is 2.01. The third-order valence-corrected chi connectivity index (χ3v) is 1.46. The number of carbonyl (C=O) groups excluding carboxylic acids is 1. The van der Waals surface area contributed by atoms with E-state index in [1.165, 1.54) is 0 Å². The van der Waals surface area contributed by atoms with Gasteiger partial charge in [0.25, 0.3) is 0 Å². The normalized spacial score (nSPS) is 12.1. The zero-order chi connectivity index (χ0) is 8.10. The van der Waals surface area contributed by atoms with E-state index in [2.05, 4.69) is 10.3 Å². The minimum absolute atomic E-state index is 0.0128. The fourth-order valence-electron chi connectivity index (χ4n) is 0.804. The average Bonchev–Trinajstić information content (AvgIpc) is 2.07. The van der Waals surface area contributed by atoms with Crippen molar-refractivity contribution < 1.29 is 4.79 Å².